The summed E-state index contributed by atoms with van der Waals surface area (Å²) < 4.78 is 0. The smallest absolute Gasteiger partial charge is 0.275 e. The topological polar surface area (TPSA) is 79.4 Å². The zero-order valence-electron chi connectivity index (χ0n) is 14.3. The predicted octanol–water partition coefficient (Wildman–Crippen LogP) is 4.81. The molecule has 9 heteroatoms. The molecule has 0 aliphatic carbocycles. The van der Waals surface area contributed by atoms with Gasteiger partial charge in [0.2, 0.25) is 0 Å². The minimum Gasteiger partial charge on any atom is -0.321 e. The molecule has 140 valence electrons. The van der Waals surface area contributed by atoms with Crippen LogP contribution in [0.15, 0.2) is 41.9 Å². The Labute approximate surface area is 173 Å². The fraction of sp³-hybridized carbons (Fsp3) is 0.0526. The molecule has 28 heavy (non-hydrogen) atoms. The monoisotopic (exact) mass is 431 g/mol. The molecule has 4 rings (SSSR count). The van der Waals surface area contributed by atoms with Crippen LogP contribution >= 0.6 is 34.5 Å². The molecule has 1 aliphatic heterocycles. The normalized spacial score (nSPS) is 13.0. The van der Waals surface area contributed by atoms with Gasteiger partial charge in [-0.1, -0.05) is 29.3 Å². The summed E-state index contributed by atoms with van der Waals surface area (Å²) in [5, 5.41) is 3.05. The molecule has 3 aromatic rings. The van der Waals surface area contributed by atoms with Crippen LogP contribution in [-0.4, -0.2) is 22.7 Å². The van der Waals surface area contributed by atoms with E-state index >= 15 is 0 Å². The molecule has 1 aliphatic rings. The summed E-state index contributed by atoms with van der Waals surface area (Å²) in [4.78, 5) is 43.5. The van der Waals surface area contributed by atoms with Crippen molar-refractivity contribution in [2.75, 3.05) is 10.2 Å². The molecule has 0 spiro atoms. The number of thiazole rings is 1. The summed E-state index contributed by atoms with van der Waals surface area (Å²) in [7, 11) is 0. The van der Waals surface area contributed by atoms with Gasteiger partial charge in [-0.15, -0.1) is 11.3 Å². The number of aromatic nitrogens is 1. The van der Waals surface area contributed by atoms with E-state index < -0.39 is 11.8 Å². The first-order valence-corrected chi connectivity index (χ1v) is 9.70. The van der Waals surface area contributed by atoms with Crippen molar-refractivity contribution < 1.29 is 14.4 Å². The van der Waals surface area contributed by atoms with E-state index in [1.165, 1.54) is 23.5 Å². The zero-order chi connectivity index (χ0) is 20.0. The molecule has 0 unspecified atom stereocenters. The van der Waals surface area contributed by atoms with Crippen LogP contribution in [0.3, 0.4) is 0 Å². The van der Waals surface area contributed by atoms with Crippen molar-refractivity contribution in [2.24, 2.45) is 0 Å². The van der Waals surface area contributed by atoms with E-state index in [1.54, 1.807) is 36.7 Å². The summed E-state index contributed by atoms with van der Waals surface area (Å²) >= 11 is 13.8. The molecule has 0 saturated heterocycles. The second kappa shape index (κ2) is 7.01. The zero-order valence-corrected chi connectivity index (χ0v) is 16.7. The van der Waals surface area contributed by atoms with Crippen LogP contribution < -0.4 is 10.2 Å². The first kappa shape index (κ1) is 18.6. The van der Waals surface area contributed by atoms with Gasteiger partial charge in [-0.05, 0) is 37.3 Å². The number of carbonyl (C=O) groups excluding carboxylic acids is 3. The van der Waals surface area contributed by atoms with E-state index in [1.807, 2.05) is 0 Å². The lowest BCUT2D eigenvalue weighted by molar-refractivity contribution is 0.0924. The molecular formula is C19H11Cl2N3O3S. The third kappa shape index (κ3) is 2.97. The molecule has 0 atom stereocenters. The average molecular weight is 432 g/mol. The Balaban J connectivity index is 1.63. The maximum atomic E-state index is 12.7. The van der Waals surface area contributed by atoms with E-state index in [2.05, 4.69) is 10.3 Å². The van der Waals surface area contributed by atoms with Gasteiger partial charge in [0.1, 0.15) is 5.69 Å². The summed E-state index contributed by atoms with van der Waals surface area (Å²) in [5.41, 5.74) is 2.94. The largest absolute Gasteiger partial charge is 0.321 e. The molecule has 2 aromatic carbocycles. The highest BCUT2D eigenvalue weighted by atomic mass is 35.5. The minimum atomic E-state index is -0.539. The van der Waals surface area contributed by atoms with Gasteiger partial charge in [0.05, 0.1) is 32.4 Å². The maximum Gasteiger partial charge on any atom is 0.275 e. The van der Waals surface area contributed by atoms with Crippen LogP contribution in [0.25, 0.3) is 0 Å². The first-order valence-electron chi connectivity index (χ1n) is 8.06. The Morgan fingerprint density at radius 2 is 1.89 bits per heavy atom. The highest BCUT2D eigenvalue weighted by molar-refractivity contribution is 7.09. The Kier molecular flexibility index (Phi) is 4.66. The number of halogens is 2. The molecule has 0 fully saturated rings. The minimum absolute atomic E-state index is 0.137. The van der Waals surface area contributed by atoms with Gasteiger partial charge in [-0.3, -0.25) is 14.4 Å². The number of nitrogens with zero attached hydrogens (tertiary/aromatic N) is 2. The Morgan fingerprint density at radius 1 is 1.11 bits per heavy atom. The number of anilines is 2. The van der Waals surface area contributed by atoms with Crippen molar-refractivity contribution >= 4 is 63.6 Å². The van der Waals surface area contributed by atoms with Gasteiger partial charge in [-0.2, -0.15) is 0 Å². The standard InChI is InChI=1S/C19H11Cl2N3O3S/c1-9-16(22-8-28-9)17(25)23-10-5-6-14(13(21)7-10)24-18(26)11-3-2-4-12(20)15(11)19(24)27/h2-8H,1H3,(H,23,25). The molecular weight excluding hydrogens is 421 g/mol. The van der Waals surface area contributed by atoms with E-state index in [4.69, 9.17) is 23.2 Å². The van der Waals surface area contributed by atoms with Crippen LogP contribution in [0, 0.1) is 6.92 Å². The maximum absolute atomic E-state index is 12.7. The molecule has 3 amide bonds. The number of aryl methyl sites for hydroxylation is 1. The number of benzene rings is 2. The predicted molar refractivity (Wildman–Crippen MR) is 109 cm³/mol. The lowest BCUT2D eigenvalue weighted by Crippen LogP contribution is -2.29. The number of fused-ring (bicyclic) bond motifs is 1. The van der Waals surface area contributed by atoms with Crippen LogP contribution in [0.1, 0.15) is 36.1 Å². The van der Waals surface area contributed by atoms with E-state index in [-0.39, 0.29) is 32.8 Å². The van der Waals surface area contributed by atoms with Crippen molar-refractivity contribution in [1.29, 1.82) is 0 Å². The number of rotatable bonds is 3. The number of amides is 3. The summed E-state index contributed by atoms with van der Waals surface area (Å²) in [5.74, 6) is -1.41. The summed E-state index contributed by atoms with van der Waals surface area (Å²) in [6, 6.07) is 9.24. The lowest BCUT2D eigenvalue weighted by atomic mass is 10.1. The Morgan fingerprint density at radius 3 is 2.54 bits per heavy atom. The quantitative estimate of drug-likeness (QED) is 0.603. The van der Waals surface area contributed by atoms with Crippen molar-refractivity contribution in [3.05, 3.63) is 73.7 Å². The van der Waals surface area contributed by atoms with E-state index in [9.17, 15) is 14.4 Å². The lowest BCUT2D eigenvalue weighted by Gasteiger charge is -2.16. The molecule has 0 radical (unpaired) electrons. The van der Waals surface area contributed by atoms with Gasteiger partial charge in [0.25, 0.3) is 17.7 Å². The fourth-order valence-corrected chi connectivity index (χ4v) is 4.04. The molecule has 1 aromatic heterocycles. The number of hydrogen-bond donors (Lipinski definition) is 1. The summed E-state index contributed by atoms with van der Waals surface area (Å²) in [6.45, 7) is 1.80. The van der Waals surface area contributed by atoms with Gasteiger partial charge < -0.3 is 5.32 Å². The van der Waals surface area contributed by atoms with Crippen molar-refractivity contribution in [3.63, 3.8) is 0 Å². The highest BCUT2D eigenvalue weighted by Gasteiger charge is 2.39. The molecule has 1 N–H and O–H groups in total. The summed E-state index contributed by atoms with van der Waals surface area (Å²) in [6.07, 6.45) is 0. The van der Waals surface area contributed by atoms with Gasteiger partial charge >= 0.3 is 0 Å². The van der Waals surface area contributed by atoms with E-state index in [0.29, 0.717) is 11.4 Å². The Hall–Kier alpha value is -2.74. The number of carbonyl (C=O) groups is 3. The van der Waals surface area contributed by atoms with E-state index in [0.717, 1.165) is 9.78 Å². The number of hydrogen-bond acceptors (Lipinski definition) is 5. The SMILES string of the molecule is Cc1scnc1C(=O)Nc1ccc(N2C(=O)c3cccc(Cl)c3C2=O)c(Cl)c1. The molecule has 0 bridgehead atoms. The Bertz CT molecular complexity index is 1160. The van der Waals surface area contributed by atoms with Crippen molar-refractivity contribution in [1.82, 2.24) is 4.98 Å². The highest BCUT2D eigenvalue weighted by Crippen LogP contribution is 2.37. The fourth-order valence-electron chi connectivity index (χ4n) is 2.94. The van der Waals surface area contributed by atoms with Crippen LogP contribution in [0.4, 0.5) is 11.4 Å². The number of imide groups is 1. The van der Waals surface area contributed by atoms with Gasteiger partial charge in [0, 0.05) is 10.6 Å². The van der Waals surface area contributed by atoms with Crippen LogP contribution in [0.2, 0.25) is 10.0 Å². The third-order valence-electron chi connectivity index (χ3n) is 4.27. The number of nitrogens with one attached hydrogen (secondary N) is 1. The molecule has 0 saturated carbocycles. The van der Waals surface area contributed by atoms with Gasteiger partial charge in [0.15, 0.2) is 0 Å². The second-order valence-electron chi connectivity index (χ2n) is 5.99. The van der Waals surface area contributed by atoms with Crippen LogP contribution in [-0.2, 0) is 0 Å². The average Bonchev–Trinajstić information content (AvgIpc) is 3.18. The van der Waals surface area contributed by atoms with Crippen molar-refractivity contribution in [3.8, 4) is 0 Å². The first-order chi connectivity index (χ1) is 13.4. The van der Waals surface area contributed by atoms with Gasteiger partial charge in [-0.25, -0.2) is 9.88 Å². The van der Waals surface area contributed by atoms with Crippen molar-refractivity contribution in [2.45, 2.75) is 6.92 Å². The third-order valence-corrected chi connectivity index (χ3v) is 5.65. The molecule has 2 heterocycles. The second-order valence-corrected chi connectivity index (χ2v) is 7.86. The molecule has 6 nitrogen and oxygen atoms in total. The van der Waals surface area contributed by atoms with Crippen LogP contribution in [0.5, 0.6) is 0 Å².